The quantitative estimate of drug-likeness (QED) is 0.869. The van der Waals surface area contributed by atoms with Gasteiger partial charge in [0.25, 0.3) is 0 Å². The molecule has 1 amide bonds. The summed E-state index contributed by atoms with van der Waals surface area (Å²) in [5.41, 5.74) is 1.07. The summed E-state index contributed by atoms with van der Waals surface area (Å²) in [6.45, 7) is 4.37. The molecule has 22 heavy (non-hydrogen) atoms. The van der Waals surface area contributed by atoms with E-state index in [-0.39, 0.29) is 24.5 Å². The zero-order chi connectivity index (χ0) is 16.1. The third kappa shape index (κ3) is 3.59. The van der Waals surface area contributed by atoms with Gasteiger partial charge in [0.05, 0.1) is 19.2 Å². The number of nitrogens with one attached hydrogen (secondary N) is 1. The molecule has 1 N–H and O–H groups in total. The van der Waals surface area contributed by atoms with Crippen molar-refractivity contribution < 1.29 is 14.3 Å². The number of amides is 1. The van der Waals surface area contributed by atoms with E-state index in [0.29, 0.717) is 11.3 Å². The van der Waals surface area contributed by atoms with Crippen molar-refractivity contribution >= 4 is 17.6 Å². The number of anilines is 1. The van der Waals surface area contributed by atoms with Crippen molar-refractivity contribution in [1.82, 2.24) is 4.90 Å². The van der Waals surface area contributed by atoms with Gasteiger partial charge in [-0.05, 0) is 45.2 Å². The van der Waals surface area contributed by atoms with Gasteiger partial charge >= 0.3 is 5.97 Å². The van der Waals surface area contributed by atoms with Crippen molar-refractivity contribution in [3.63, 3.8) is 0 Å². The van der Waals surface area contributed by atoms with E-state index in [4.69, 9.17) is 4.74 Å². The molecule has 1 fully saturated rings. The molecular weight excluding hydrogens is 280 g/mol. The minimum absolute atomic E-state index is 0.0689. The van der Waals surface area contributed by atoms with E-state index in [1.165, 1.54) is 13.5 Å². The predicted octanol–water partition coefficient (Wildman–Crippen LogP) is 2.67. The van der Waals surface area contributed by atoms with Crippen LogP contribution in [0.2, 0.25) is 0 Å². The lowest BCUT2D eigenvalue weighted by Gasteiger charge is -2.39. The van der Waals surface area contributed by atoms with Crippen LogP contribution in [0.4, 0.5) is 5.69 Å². The van der Waals surface area contributed by atoms with Gasteiger partial charge < -0.3 is 15.0 Å². The first kappa shape index (κ1) is 16.3. The van der Waals surface area contributed by atoms with Crippen molar-refractivity contribution in [3.8, 4) is 0 Å². The lowest BCUT2D eigenvalue weighted by Crippen LogP contribution is -2.49. The van der Waals surface area contributed by atoms with Crippen LogP contribution in [0.1, 0.15) is 43.5 Å². The monoisotopic (exact) mass is 304 g/mol. The molecule has 0 aliphatic carbocycles. The van der Waals surface area contributed by atoms with Crippen LogP contribution in [0.5, 0.6) is 0 Å². The van der Waals surface area contributed by atoms with Gasteiger partial charge in [0, 0.05) is 17.8 Å². The van der Waals surface area contributed by atoms with Crippen molar-refractivity contribution in [3.05, 3.63) is 29.8 Å². The van der Waals surface area contributed by atoms with Crippen molar-refractivity contribution in [2.45, 2.75) is 45.2 Å². The van der Waals surface area contributed by atoms with Gasteiger partial charge in [-0.3, -0.25) is 4.79 Å². The van der Waals surface area contributed by atoms with Gasteiger partial charge in [0.15, 0.2) is 0 Å². The molecule has 1 saturated heterocycles. The highest BCUT2D eigenvalue weighted by molar-refractivity contribution is 5.96. The van der Waals surface area contributed by atoms with Gasteiger partial charge in [-0.15, -0.1) is 0 Å². The number of likely N-dealkylation sites (tertiary alicyclic amines) is 1. The maximum Gasteiger partial charge on any atom is 0.339 e. The fourth-order valence-corrected chi connectivity index (χ4v) is 3.10. The predicted molar refractivity (Wildman–Crippen MR) is 85.9 cm³/mol. The topological polar surface area (TPSA) is 58.6 Å². The van der Waals surface area contributed by atoms with Gasteiger partial charge in [0.1, 0.15) is 0 Å². The Morgan fingerprint density at radius 1 is 1.23 bits per heavy atom. The van der Waals surface area contributed by atoms with Crippen molar-refractivity contribution in [2.75, 3.05) is 19.0 Å². The van der Waals surface area contributed by atoms with Crippen LogP contribution in [0, 0.1) is 0 Å². The van der Waals surface area contributed by atoms with E-state index < -0.39 is 5.97 Å². The average Bonchev–Trinajstić information content (AvgIpc) is 2.52. The first-order valence-corrected chi connectivity index (χ1v) is 7.77. The summed E-state index contributed by atoms with van der Waals surface area (Å²) in [7, 11) is 1.35. The Bertz CT molecular complexity index is 534. The highest BCUT2D eigenvalue weighted by Gasteiger charge is 2.28. The zero-order valence-corrected chi connectivity index (χ0v) is 13.5. The van der Waals surface area contributed by atoms with Crippen LogP contribution >= 0.6 is 0 Å². The molecule has 1 aromatic carbocycles. The summed E-state index contributed by atoms with van der Waals surface area (Å²) in [6.07, 6.45) is 3.27. The maximum atomic E-state index is 12.5. The lowest BCUT2D eigenvalue weighted by atomic mass is 9.97. The average molecular weight is 304 g/mol. The minimum atomic E-state index is -0.407. The number of para-hydroxylation sites is 1. The Kier molecular flexibility index (Phi) is 5.41. The van der Waals surface area contributed by atoms with Crippen LogP contribution in [-0.2, 0) is 9.53 Å². The Hall–Kier alpha value is -2.04. The summed E-state index contributed by atoms with van der Waals surface area (Å²) >= 11 is 0. The van der Waals surface area contributed by atoms with E-state index in [0.717, 1.165) is 12.8 Å². The Balaban J connectivity index is 2.04. The fourth-order valence-electron chi connectivity index (χ4n) is 3.10. The van der Waals surface area contributed by atoms with Crippen LogP contribution in [0.15, 0.2) is 24.3 Å². The number of rotatable bonds is 4. The smallest absolute Gasteiger partial charge is 0.339 e. The molecule has 2 unspecified atom stereocenters. The molecule has 120 valence electrons. The lowest BCUT2D eigenvalue weighted by molar-refractivity contribution is -0.135. The molecule has 5 heteroatoms. The normalized spacial score (nSPS) is 21.3. The van der Waals surface area contributed by atoms with Crippen LogP contribution < -0.4 is 5.32 Å². The first-order valence-electron chi connectivity index (χ1n) is 7.77. The van der Waals surface area contributed by atoms with Crippen LogP contribution in [0.25, 0.3) is 0 Å². The van der Waals surface area contributed by atoms with E-state index in [9.17, 15) is 9.59 Å². The zero-order valence-electron chi connectivity index (χ0n) is 13.5. The van der Waals surface area contributed by atoms with Gasteiger partial charge in [-0.1, -0.05) is 12.1 Å². The van der Waals surface area contributed by atoms with E-state index in [2.05, 4.69) is 19.2 Å². The molecule has 0 aromatic heterocycles. The number of hydrogen-bond acceptors (Lipinski definition) is 4. The molecule has 0 radical (unpaired) electrons. The minimum Gasteiger partial charge on any atom is -0.465 e. The second kappa shape index (κ2) is 7.29. The highest BCUT2D eigenvalue weighted by Crippen LogP contribution is 2.23. The van der Waals surface area contributed by atoms with Gasteiger partial charge in [-0.2, -0.15) is 0 Å². The SMILES string of the molecule is COC(=O)c1ccccc1NCC(=O)N1C(C)CCCC1C. The molecule has 2 rings (SSSR count). The number of nitrogens with zero attached hydrogens (tertiary/aromatic N) is 1. The molecule has 1 aliphatic heterocycles. The molecule has 0 bridgehead atoms. The number of hydrogen-bond donors (Lipinski definition) is 1. The summed E-state index contributed by atoms with van der Waals surface area (Å²) < 4.78 is 4.76. The second-order valence-corrected chi connectivity index (χ2v) is 5.82. The highest BCUT2D eigenvalue weighted by atomic mass is 16.5. The number of esters is 1. The molecule has 1 heterocycles. The van der Waals surface area contributed by atoms with Crippen molar-refractivity contribution in [2.24, 2.45) is 0 Å². The summed E-state index contributed by atoms with van der Waals surface area (Å²) in [5.74, 6) is -0.338. The Morgan fingerprint density at radius 3 is 2.50 bits per heavy atom. The van der Waals surface area contributed by atoms with E-state index >= 15 is 0 Å². The second-order valence-electron chi connectivity index (χ2n) is 5.82. The maximum absolute atomic E-state index is 12.5. The standard InChI is InChI=1S/C17H24N2O3/c1-12-7-6-8-13(2)19(12)16(20)11-18-15-10-5-4-9-14(15)17(21)22-3/h4-5,9-10,12-13,18H,6-8,11H2,1-3H3. The van der Waals surface area contributed by atoms with Crippen LogP contribution in [-0.4, -0.2) is 42.5 Å². The van der Waals surface area contributed by atoms with Crippen LogP contribution in [0.3, 0.4) is 0 Å². The van der Waals surface area contributed by atoms with E-state index in [1.807, 2.05) is 11.0 Å². The third-order valence-electron chi connectivity index (χ3n) is 4.24. The molecular formula is C17H24N2O3. The molecule has 1 aliphatic rings. The van der Waals surface area contributed by atoms with Gasteiger partial charge in [-0.25, -0.2) is 4.79 Å². The van der Waals surface area contributed by atoms with E-state index in [1.54, 1.807) is 18.2 Å². The number of ether oxygens (including phenoxy) is 1. The molecule has 2 atom stereocenters. The van der Waals surface area contributed by atoms with Crippen molar-refractivity contribution in [1.29, 1.82) is 0 Å². The summed E-state index contributed by atoms with van der Waals surface area (Å²) in [6, 6.07) is 7.61. The molecule has 0 spiro atoms. The molecule has 0 saturated carbocycles. The fraction of sp³-hybridized carbons (Fsp3) is 0.529. The molecule has 1 aromatic rings. The Morgan fingerprint density at radius 2 is 1.86 bits per heavy atom. The number of piperidine rings is 1. The first-order chi connectivity index (χ1) is 10.5. The molecule has 5 nitrogen and oxygen atoms in total. The largest absolute Gasteiger partial charge is 0.465 e. The van der Waals surface area contributed by atoms with Gasteiger partial charge in [0.2, 0.25) is 5.91 Å². The summed E-state index contributed by atoms with van der Waals surface area (Å²) in [5, 5.41) is 3.07. The number of carbonyl (C=O) groups excluding carboxylic acids is 2. The summed E-state index contributed by atoms with van der Waals surface area (Å²) in [4.78, 5) is 26.2. The number of carbonyl (C=O) groups is 2. The number of benzene rings is 1. The number of methoxy groups -OCH3 is 1. The third-order valence-corrected chi connectivity index (χ3v) is 4.24. The Labute approximate surface area is 131 Å².